The third-order valence-corrected chi connectivity index (χ3v) is 4.25. The Hall–Kier alpha value is -2.21. The Labute approximate surface area is 129 Å². The van der Waals surface area contributed by atoms with Gasteiger partial charge in [0.15, 0.2) is 0 Å². The van der Waals surface area contributed by atoms with Gasteiger partial charge in [-0.3, -0.25) is 14.4 Å². The van der Waals surface area contributed by atoms with Crippen LogP contribution >= 0.6 is 0 Å². The molecule has 2 aromatic rings. The van der Waals surface area contributed by atoms with E-state index < -0.39 is 0 Å². The molecule has 6 heteroatoms. The maximum absolute atomic E-state index is 12.1. The van der Waals surface area contributed by atoms with Crippen LogP contribution in [0.15, 0.2) is 43.0 Å². The van der Waals surface area contributed by atoms with E-state index in [0.29, 0.717) is 0 Å². The van der Waals surface area contributed by atoms with Crippen molar-refractivity contribution < 1.29 is 4.79 Å². The van der Waals surface area contributed by atoms with E-state index in [0.717, 1.165) is 37.9 Å². The number of likely N-dealkylation sites (tertiary alicyclic amines) is 1. The third kappa shape index (κ3) is 3.17. The van der Waals surface area contributed by atoms with Gasteiger partial charge in [0.2, 0.25) is 5.91 Å². The molecule has 2 atom stereocenters. The van der Waals surface area contributed by atoms with Gasteiger partial charge in [0.1, 0.15) is 18.7 Å². The Morgan fingerprint density at radius 1 is 1.32 bits per heavy atom. The number of piperidine rings is 1. The molecule has 1 aromatic heterocycles. The predicted molar refractivity (Wildman–Crippen MR) is 82.7 cm³/mol. The van der Waals surface area contributed by atoms with E-state index in [-0.39, 0.29) is 18.0 Å². The SMILES string of the molecule is NC(=O)[C@H](c1ccccc1)N1CCCC[C@@H]1Cn1cncn1. The fourth-order valence-corrected chi connectivity index (χ4v) is 3.26. The van der Waals surface area contributed by atoms with Crippen molar-refractivity contribution in [3.63, 3.8) is 0 Å². The topological polar surface area (TPSA) is 77.0 Å². The second kappa shape index (κ2) is 6.70. The number of amides is 1. The summed E-state index contributed by atoms with van der Waals surface area (Å²) in [7, 11) is 0. The van der Waals surface area contributed by atoms with Gasteiger partial charge in [-0.25, -0.2) is 4.98 Å². The zero-order valence-corrected chi connectivity index (χ0v) is 12.5. The summed E-state index contributed by atoms with van der Waals surface area (Å²) in [5, 5.41) is 4.18. The van der Waals surface area contributed by atoms with E-state index in [9.17, 15) is 4.79 Å². The number of primary amides is 1. The monoisotopic (exact) mass is 299 g/mol. The number of nitrogens with two attached hydrogens (primary N) is 1. The van der Waals surface area contributed by atoms with Crippen LogP contribution in [0.2, 0.25) is 0 Å². The van der Waals surface area contributed by atoms with Crippen LogP contribution in [-0.2, 0) is 11.3 Å². The second-order valence-corrected chi connectivity index (χ2v) is 5.72. The Bertz CT molecular complexity index is 598. The van der Waals surface area contributed by atoms with Crippen molar-refractivity contribution in [3.8, 4) is 0 Å². The zero-order valence-electron chi connectivity index (χ0n) is 12.5. The van der Waals surface area contributed by atoms with Crippen molar-refractivity contribution in [1.82, 2.24) is 19.7 Å². The molecule has 1 saturated heterocycles. The first-order valence-corrected chi connectivity index (χ1v) is 7.68. The molecule has 0 aliphatic carbocycles. The average Bonchev–Trinajstić information content (AvgIpc) is 3.03. The van der Waals surface area contributed by atoms with Gasteiger partial charge in [-0.15, -0.1) is 0 Å². The molecule has 3 rings (SSSR count). The standard InChI is InChI=1S/C16H21N5O/c17-16(22)15(13-6-2-1-3-7-13)21-9-5-4-8-14(21)10-20-12-18-11-19-20/h1-3,6-7,11-12,14-15H,4-5,8-10H2,(H2,17,22)/t14-,15+/m1/s1. The number of aromatic nitrogens is 3. The van der Waals surface area contributed by atoms with Crippen LogP contribution in [-0.4, -0.2) is 38.2 Å². The summed E-state index contributed by atoms with van der Waals surface area (Å²) in [4.78, 5) is 18.3. The number of hydrogen-bond donors (Lipinski definition) is 1. The van der Waals surface area contributed by atoms with E-state index in [1.54, 1.807) is 6.33 Å². The Kier molecular flexibility index (Phi) is 4.48. The lowest BCUT2D eigenvalue weighted by molar-refractivity contribution is -0.125. The van der Waals surface area contributed by atoms with E-state index in [1.807, 2.05) is 35.0 Å². The van der Waals surface area contributed by atoms with Gasteiger partial charge in [0.25, 0.3) is 0 Å². The maximum Gasteiger partial charge on any atom is 0.239 e. The molecule has 1 aliphatic heterocycles. The molecular weight excluding hydrogens is 278 g/mol. The second-order valence-electron chi connectivity index (χ2n) is 5.72. The Balaban J connectivity index is 1.85. The van der Waals surface area contributed by atoms with E-state index >= 15 is 0 Å². The number of benzene rings is 1. The van der Waals surface area contributed by atoms with Gasteiger partial charge < -0.3 is 5.73 Å². The summed E-state index contributed by atoms with van der Waals surface area (Å²) >= 11 is 0. The minimum Gasteiger partial charge on any atom is -0.368 e. The molecule has 0 spiro atoms. The molecule has 116 valence electrons. The van der Waals surface area contributed by atoms with Crippen LogP contribution in [0.1, 0.15) is 30.9 Å². The van der Waals surface area contributed by atoms with Crippen molar-refractivity contribution in [1.29, 1.82) is 0 Å². The van der Waals surface area contributed by atoms with Gasteiger partial charge in [0.05, 0.1) is 6.54 Å². The molecule has 1 amide bonds. The normalized spacial score (nSPS) is 20.6. The fraction of sp³-hybridized carbons (Fsp3) is 0.438. The zero-order chi connectivity index (χ0) is 15.4. The summed E-state index contributed by atoms with van der Waals surface area (Å²) < 4.78 is 1.83. The summed E-state index contributed by atoms with van der Waals surface area (Å²) in [5.41, 5.74) is 6.68. The summed E-state index contributed by atoms with van der Waals surface area (Å²) in [6.07, 6.45) is 6.54. The molecule has 2 heterocycles. The molecule has 2 N–H and O–H groups in total. The molecule has 1 aromatic carbocycles. The Morgan fingerprint density at radius 3 is 2.82 bits per heavy atom. The summed E-state index contributed by atoms with van der Waals surface area (Å²) in [5.74, 6) is -0.295. The van der Waals surface area contributed by atoms with E-state index in [2.05, 4.69) is 15.0 Å². The average molecular weight is 299 g/mol. The first-order chi connectivity index (χ1) is 10.8. The van der Waals surface area contributed by atoms with Crippen molar-refractivity contribution >= 4 is 5.91 Å². The molecular formula is C16H21N5O. The van der Waals surface area contributed by atoms with E-state index in [1.165, 1.54) is 6.33 Å². The minimum atomic E-state index is -0.380. The lowest BCUT2D eigenvalue weighted by Gasteiger charge is -2.40. The van der Waals surface area contributed by atoms with Gasteiger partial charge in [-0.1, -0.05) is 36.8 Å². The van der Waals surface area contributed by atoms with Crippen molar-refractivity contribution in [3.05, 3.63) is 48.5 Å². The highest BCUT2D eigenvalue weighted by Crippen LogP contribution is 2.29. The molecule has 6 nitrogen and oxygen atoms in total. The first-order valence-electron chi connectivity index (χ1n) is 7.68. The van der Waals surface area contributed by atoms with Gasteiger partial charge in [-0.2, -0.15) is 5.10 Å². The molecule has 1 aliphatic rings. The number of carbonyl (C=O) groups excluding carboxylic acids is 1. The molecule has 0 unspecified atom stereocenters. The van der Waals surface area contributed by atoms with Crippen LogP contribution in [0.25, 0.3) is 0 Å². The number of nitrogens with zero attached hydrogens (tertiary/aromatic N) is 4. The minimum absolute atomic E-state index is 0.244. The highest BCUT2D eigenvalue weighted by molar-refractivity contribution is 5.81. The number of hydrogen-bond acceptors (Lipinski definition) is 4. The van der Waals surface area contributed by atoms with Crippen molar-refractivity contribution in [2.24, 2.45) is 5.73 Å². The largest absolute Gasteiger partial charge is 0.368 e. The predicted octanol–water partition coefficient (Wildman–Crippen LogP) is 1.36. The molecule has 0 radical (unpaired) electrons. The van der Waals surface area contributed by atoms with Crippen molar-refractivity contribution in [2.45, 2.75) is 37.9 Å². The highest BCUT2D eigenvalue weighted by Gasteiger charge is 2.33. The highest BCUT2D eigenvalue weighted by atomic mass is 16.1. The van der Waals surface area contributed by atoms with Crippen LogP contribution in [0.5, 0.6) is 0 Å². The van der Waals surface area contributed by atoms with Crippen LogP contribution in [0, 0.1) is 0 Å². The lowest BCUT2D eigenvalue weighted by Crippen LogP contribution is -2.48. The lowest BCUT2D eigenvalue weighted by atomic mass is 9.96. The quantitative estimate of drug-likeness (QED) is 0.904. The first kappa shape index (κ1) is 14.7. The molecule has 22 heavy (non-hydrogen) atoms. The number of carbonyl (C=O) groups is 1. The van der Waals surface area contributed by atoms with Crippen molar-refractivity contribution in [2.75, 3.05) is 6.54 Å². The molecule has 0 bridgehead atoms. The third-order valence-electron chi connectivity index (χ3n) is 4.25. The van der Waals surface area contributed by atoms with E-state index in [4.69, 9.17) is 5.73 Å². The summed E-state index contributed by atoms with van der Waals surface area (Å²) in [6, 6.07) is 9.64. The van der Waals surface area contributed by atoms with Gasteiger partial charge >= 0.3 is 0 Å². The van der Waals surface area contributed by atoms with Crippen LogP contribution in [0.3, 0.4) is 0 Å². The Morgan fingerprint density at radius 2 is 2.14 bits per heavy atom. The maximum atomic E-state index is 12.1. The number of rotatable bonds is 5. The van der Waals surface area contributed by atoms with Gasteiger partial charge in [0, 0.05) is 6.04 Å². The molecule has 1 fully saturated rings. The fourth-order valence-electron chi connectivity index (χ4n) is 3.26. The summed E-state index contributed by atoms with van der Waals surface area (Å²) in [6.45, 7) is 1.61. The smallest absolute Gasteiger partial charge is 0.239 e. The van der Waals surface area contributed by atoms with Gasteiger partial charge in [-0.05, 0) is 24.9 Å². The molecule has 0 saturated carbocycles. The van der Waals surface area contributed by atoms with Crippen LogP contribution < -0.4 is 5.73 Å². The van der Waals surface area contributed by atoms with Crippen LogP contribution in [0.4, 0.5) is 0 Å².